The molecule has 4 rings (SSSR count). The van der Waals surface area contributed by atoms with Crippen LogP contribution in [0.4, 0.5) is 11.4 Å². The Hall–Kier alpha value is -4.01. The second kappa shape index (κ2) is 7.55. The lowest BCUT2D eigenvalue weighted by atomic mass is 10.1. The Bertz CT molecular complexity index is 1230. The normalized spacial score (nSPS) is 10.9. The molecule has 0 aliphatic heterocycles. The first kappa shape index (κ1) is 18.4. The van der Waals surface area contributed by atoms with E-state index in [4.69, 9.17) is 0 Å². The summed E-state index contributed by atoms with van der Waals surface area (Å²) in [4.78, 5) is 35.8. The SMILES string of the molecule is CN(Cc1nccn1Cc1ccccc1)c1cc2nc[nH]c(=O)c2cc1[N+](=O)[O-]. The van der Waals surface area contributed by atoms with Crippen molar-refractivity contribution in [3.8, 4) is 0 Å². The topological polar surface area (TPSA) is 110 Å². The van der Waals surface area contributed by atoms with Crippen molar-refractivity contribution < 1.29 is 4.92 Å². The largest absolute Gasteiger partial charge is 0.362 e. The molecule has 0 radical (unpaired) electrons. The summed E-state index contributed by atoms with van der Waals surface area (Å²) in [7, 11) is 1.75. The molecular weight excluding hydrogens is 372 g/mol. The van der Waals surface area contributed by atoms with Gasteiger partial charge in [-0.05, 0) is 11.6 Å². The Balaban J connectivity index is 1.67. The lowest BCUT2D eigenvalue weighted by molar-refractivity contribution is -0.384. The van der Waals surface area contributed by atoms with Gasteiger partial charge in [0.25, 0.3) is 11.2 Å². The van der Waals surface area contributed by atoms with Crippen LogP contribution in [0.25, 0.3) is 10.9 Å². The zero-order valence-electron chi connectivity index (χ0n) is 15.6. The number of nitrogens with zero attached hydrogens (tertiary/aromatic N) is 5. The highest BCUT2D eigenvalue weighted by atomic mass is 16.6. The van der Waals surface area contributed by atoms with Gasteiger partial charge in [-0.15, -0.1) is 0 Å². The number of imidazole rings is 1. The van der Waals surface area contributed by atoms with Crippen LogP contribution in [0.15, 0.2) is 66.0 Å². The van der Waals surface area contributed by atoms with Crippen molar-refractivity contribution in [1.82, 2.24) is 19.5 Å². The van der Waals surface area contributed by atoms with Gasteiger partial charge in [0.1, 0.15) is 11.5 Å². The average molecular weight is 390 g/mol. The van der Waals surface area contributed by atoms with E-state index in [1.54, 1.807) is 24.2 Å². The van der Waals surface area contributed by atoms with E-state index < -0.39 is 10.5 Å². The van der Waals surface area contributed by atoms with Gasteiger partial charge in [0.15, 0.2) is 0 Å². The molecule has 2 heterocycles. The summed E-state index contributed by atoms with van der Waals surface area (Å²) >= 11 is 0. The molecule has 29 heavy (non-hydrogen) atoms. The first-order valence-corrected chi connectivity index (χ1v) is 8.94. The zero-order chi connectivity index (χ0) is 20.4. The van der Waals surface area contributed by atoms with E-state index in [-0.39, 0.29) is 11.1 Å². The van der Waals surface area contributed by atoms with Crippen LogP contribution in [0, 0.1) is 10.1 Å². The number of anilines is 1. The minimum atomic E-state index is -0.492. The highest BCUT2D eigenvalue weighted by Gasteiger charge is 2.21. The smallest absolute Gasteiger partial charge is 0.293 e. The van der Waals surface area contributed by atoms with Crippen LogP contribution in [0.2, 0.25) is 0 Å². The molecule has 0 saturated carbocycles. The van der Waals surface area contributed by atoms with Crippen molar-refractivity contribution in [2.24, 2.45) is 0 Å². The molecule has 1 N–H and O–H groups in total. The second-order valence-corrected chi connectivity index (χ2v) is 6.66. The Labute approximate surface area is 165 Å². The number of nitro groups is 1. The molecule has 9 nitrogen and oxygen atoms in total. The molecule has 146 valence electrons. The minimum absolute atomic E-state index is 0.153. The van der Waals surface area contributed by atoms with E-state index >= 15 is 0 Å². The Morgan fingerprint density at radius 3 is 2.76 bits per heavy atom. The monoisotopic (exact) mass is 390 g/mol. The summed E-state index contributed by atoms with van der Waals surface area (Å²) in [6.45, 7) is 1.01. The van der Waals surface area contributed by atoms with Crippen LogP contribution in [-0.2, 0) is 13.1 Å². The van der Waals surface area contributed by atoms with Crippen LogP contribution in [0.3, 0.4) is 0 Å². The van der Waals surface area contributed by atoms with Crippen LogP contribution in [0.1, 0.15) is 11.4 Å². The molecule has 0 saturated heterocycles. The lowest BCUT2D eigenvalue weighted by Gasteiger charge is -2.20. The van der Waals surface area contributed by atoms with Crippen LogP contribution in [0.5, 0.6) is 0 Å². The molecule has 0 fully saturated rings. The Morgan fingerprint density at radius 2 is 2.00 bits per heavy atom. The number of rotatable bonds is 6. The number of hydrogen-bond donors (Lipinski definition) is 1. The maximum absolute atomic E-state index is 12.0. The highest BCUT2D eigenvalue weighted by Crippen LogP contribution is 2.31. The molecule has 0 spiro atoms. The standard InChI is InChI=1S/C20H18N6O3/c1-24(12-19-21-7-8-25(19)11-14-5-3-2-4-6-14)17-10-16-15(9-18(17)26(28)29)20(27)23-13-22-16/h2-10,13H,11-12H2,1H3,(H,22,23,27). The molecule has 2 aromatic carbocycles. The number of benzene rings is 2. The Morgan fingerprint density at radius 1 is 1.21 bits per heavy atom. The van der Waals surface area contributed by atoms with Crippen molar-refractivity contribution >= 4 is 22.3 Å². The van der Waals surface area contributed by atoms with Gasteiger partial charge in [0.2, 0.25) is 0 Å². The van der Waals surface area contributed by atoms with Crippen molar-refractivity contribution in [2.45, 2.75) is 13.1 Å². The predicted octanol–water partition coefficient (Wildman–Crippen LogP) is 2.71. The van der Waals surface area contributed by atoms with Gasteiger partial charge in [-0.2, -0.15) is 0 Å². The summed E-state index contributed by atoms with van der Waals surface area (Å²) in [5.41, 5.74) is 1.34. The number of nitrogens with one attached hydrogen (secondary N) is 1. The number of H-pyrrole nitrogens is 1. The molecule has 4 aromatic rings. The predicted molar refractivity (Wildman–Crippen MR) is 109 cm³/mol. The first-order valence-electron chi connectivity index (χ1n) is 8.94. The van der Waals surface area contributed by atoms with Crippen molar-refractivity contribution in [3.63, 3.8) is 0 Å². The molecule has 0 aliphatic rings. The summed E-state index contributed by atoms with van der Waals surface area (Å²) in [5.74, 6) is 0.768. The van der Waals surface area contributed by atoms with Gasteiger partial charge in [-0.1, -0.05) is 30.3 Å². The fourth-order valence-electron chi connectivity index (χ4n) is 3.26. The Kier molecular flexibility index (Phi) is 4.78. The molecule has 0 bridgehead atoms. The third-order valence-electron chi connectivity index (χ3n) is 4.72. The summed E-state index contributed by atoms with van der Waals surface area (Å²) in [6.07, 6.45) is 4.88. The van der Waals surface area contributed by atoms with Crippen LogP contribution < -0.4 is 10.5 Å². The first-order chi connectivity index (χ1) is 14.0. The third kappa shape index (κ3) is 3.70. The zero-order valence-corrected chi connectivity index (χ0v) is 15.6. The fourth-order valence-corrected chi connectivity index (χ4v) is 3.26. The quantitative estimate of drug-likeness (QED) is 0.400. The van der Waals surface area contributed by atoms with Gasteiger partial charge in [0.05, 0.1) is 28.7 Å². The molecule has 0 atom stereocenters. The molecule has 9 heteroatoms. The molecule has 0 amide bonds. The minimum Gasteiger partial charge on any atom is -0.362 e. The van der Waals surface area contributed by atoms with Gasteiger partial charge >= 0.3 is 0 Å². The number of aromatic nitrogens is 4. The van der Waals surface area contributed by atoms with E-state index in [1.165, 1.54) is 12.4 Å². The number of aromatic amines is 1. The summed E-state index contributed by atoms with van der Waals surface area (Å²) < 4.78 is 2.00. The van der Waals surface area contributed by atoms with E-state index in [0.29, 0.717) is 24.3 Å². The number of hydrogen-bond acceptors (Lipinski definition) is 6. The second-order valence-electron chi connectivity index (χ2n) is 6.66. The third-order valence-corrected chi connectivity index (χ3v) is 4.72. The fraction of sp³-hybridized carbons (Fsp3) is 0.150. The summed E-state index contributed by atoms with van der Waals surface area (Å²) in [6, 6.07) is 12.8. The molecular formula is C20H18N6O3. The van der Waals surface area contributed by atoms with E-state index in [1.807, 2.05) is 41.1 Å². The van der Waals surface area contributed by atoms with Crippen LogP contribution >= 0.6 is 0 Å². The molecule has 0 aliphatic carbocycles. The molecule has 2 aromatic heterocycles. The highest BCUT2D eigenvalue weighted by molar-refractivity contribution is 5.86. The van der Waals surface area contributed by atoms with Gasteiger partial charge in [0, 0.05) is 32.1 Å². The van der Waals surface area contributed by atoms with Gasteiger partial charge < -0.3 is 14.5 Å². The van der Waals surface area contributed by atoms with Gasteiger partial charge in [-0.25, -0.2) is 9.97 Å². The molecule has 0 unspecified atom stereocenters. The number of nitro benzene ring substituents is 1. The average Bonchev–Trinajstić information content (AvgIpc) is 3.14. The van der Waals surface area contributed by atoms with E-state index in [9.17, 15) is 14.9 Å². The maximum Gasteiger partial charge on any atom is 0.293 e. The van der Waals surface area contributed by atoms with Crippen LogP contribution in [-0.4, -0.2) is 31.5 Å². The lowest BCUT2D eigenvalue weighted by Crippen LogP contribution is -2.21. The van der Waals surface area contributed by atoms with Crippen molar-refractivity contribution in [3.05, 3.63) is 93.0 Å². The van der Waals surface area contributed by atoms with E-state index in [2.05, 4.69) is 15.0 Å². The van der Waals surface area contributed by atoms with Gasteiger partial charge in [-0.3, -0.25) is 14.9 Å². The van der Waals surface area contributed by atoms with E-state index in [0.717, 1.165) is 11.4 Å². The summed E-state index contributed by atoms with van der Waals surface area (Å²) in [5, 5.41) is 11.8. The van der Waals surface area contributed by atoms with Crippen molar-refractivity contribution in [2.75, 3.05) is 11.9 Å². The number of fused-ring (bicyclic) bond motifs is 1. The van der Waals surface area contributed by atoms with Crippen molar-refractivity contribution in [1.29, 1.82) is 0 Å². The maximum atomic E-state index is 12.0.